The quantitative estimate of drug-likeness (QED) is 0.167. The van der Waals surface area contributed by atoms with Crippen LogP contribution in [0.15, 0.2) is 146 Å². The van der Waals surface area contributed by atoms with E-state index < -0.39 is 0 Å². The Kier molecular flexibility index (Phi) is 5.76. The van der Waals surface area contributed by atoms with Crippen molar-refractivity contribution in [1.29, 1.82) is 0 Å². The minimum Gasteiger partial charge on any atom is -0.313 e. The maximum absolute atomic E-state index is 2.55. The van der Waals surface area contributed by atoms with E-state index >= 15 is 0 Å². The molecule has 3 aliphatic rings. The molecule has 0 aliphatic heterocycles. The summed E-state index contributed by atoms with van der Waals surface area (Å²) < 4.78 is 4.98. The molecule has 52 heavy (non-hydrogen) atoms. The van der Waals surface area contributed by atoms with Crippen LogP contribution in [0.3, 0.4) is 0 Å². The number of nitrogens with zero attached hydrogens (tertiary/aromatic N) is 2. The SMILES string of the molecule is C1=Cc2c(c3cc(-c4ccc5c(c4)c4c(n5-c5ccc6c(c5)-c5cc7ccccc7c7cccc-6c57)CCC=C4)ccc3n2-c2ccccc2)CC1. The second-order valence-corrected chi connectivity index (χ2v) is 14.7. The van der Waals surface area contributed by atoms with Gasteiger partial charge < -0.3 is 9.13 Å². The molecule has 0 N–H and O–H groups in total. The van der Waals surface area contributed by atoms with Gasteiger partial charge in [-0.15, -0.1) is 0 Å². The fourth-order valence-corrected chi connectivity index (χ4v) is 9.70. The Morgan fingerprint density at radius 1 is 0.442 bits per heavy atom. The van der Waals surface area contributed by atoms with Crippen molar-refractivity contribution in [1.82, 2.24) is 9.13 Å². The van der Waals surface area contributed by atoms with Crippen LogP contribution in [-0.4, -0.2) is 9.13 Å². The summed E-state index contributed by atoms with van der Waals surface area (Å²) in [6.07, 6.45) is 13.6. The smallest absolute Gasteiger partial charge is 0.0538 e. The third-order valence-corrected chi connectivity index (χ3v) is 12.0. The van der Waals surface area contributed by atoms with Crippen molar-refractivity contribution in [3.05, 3.63) is 168 Å². The average molecular weight is 663 g/mol. The first-order valence-corrected chi connectivity index (χ1v) is 18.6. The predicted octanol–water partition coefficient (Wildman–Crippen LogP) is 13.1. The van der Waals surface area contributed by atoms with Gasteiger partial charge in [0.2, 0.25) is 0 Å². The predicted molar refractivity (Wildman–Crippen MR) is 220 cm³/mol. The lowest BCUT2D eigenvalue weighted by Gasteiger charge is -2.15. The van der Waals surface area contributed by atoms with E-state index in [0.717, 1.165) is 25.7 Å². The van der Waals surface area contributed by atoms with E-state index in [1.165, 1.54) is 111 Å². The van der Waals surface area contributed by atoms with Crippen LogP contribution in [-0.2, 0) is 12.8 Å². The number of aromatic nitrogens is 2. The van der Waals surface area contributed by atoms with Crippen LogP contribution in [0.1, 0.15) is 35.4 Å². The third-order valence-electron chi connectivity index (χ3n) is 12.0. The molecule has 244 valence electrons. The van der Waals surface area contributed by atoms with Gasteiger partial charge in [0.1, 0.15) is 0 Å². The van der Waals surface area contributed by atoms with Gasteiger partial charge in [0.15, 0.2) is 0 Å². The molecule has 9 aromatic rings. The maximum atomic E-state index is 2.55. The highest BCUT2D eigenvalue weighted by atomic mass is 15.0. The Hall–Kier alpha value is -6.38. The minimum atomic E-state index is 1.03. The number of fused-ring (bicyclic) bond motifs is 11. The number of rotatable bonds is 3. The van der Waals surface area contributed by atoms with Gasteiger partial charge in [-0.05, 0) is 147 Å². The molecule has 2 heteroatoms. The van der Waals surface area contributed by atoms with Gasteiger partial charge in [-0.2, -0.15) is 0 Å². The zero-order chi connectivity index (χ0) is 33.9. The molecule has 0 saturated carbocycles. The molecule has 2 heterocycles. The highest BCUT2D eigenvalue weighted by Crippen LogP contribution is 2.50. The summed E-state index contributed by atoms with van der Waals surface area (Å²) in [4.78, 5) is 0. The van der Waals surface area contributed by atoms with Gasteiger partial charge in [-0.25, -0.2) is 0 Å². The summed E-state index contributed by atoms with van der Waals surface area (Å²) in [6, 6.07) is 50.2. The molecule has 0 unspecified atom stereocenters. The second-order valence-electron chi connectivity index (χ2n) is 14.7. The van der Waals surface area contributed by atoms with E-state index in [-0.39, 0.29) is 0 Å². The van der Waals surface area contributed by atoms with Crippen LogP contribution in [0.5, 0.6) is 0 Å². The number of para-hydroxylation sites is 1. The Bertz CT molecular complexity index is 3050. The zero-order valence-electron chi connectivity index (χ0n) is 28.7. The van der Waals surface area contributed by atoms with Crippen LogP contribution in [0.25, 0.3) is 100 Å². The highest BCUT2D eigenvalue weighted by molar-refractivity contribution is 6.23. The van der Waals surface area contributed by atoms with Crippen LogP contribution >= 0.6 is 0 Å². The molecule has 12 rings (SSSR count). The lowest BCUT2D eigenvalue weighted by molar-refractivity contribution is 0.889. The number of benzene rings is 7. The summed E-state index contributed by atoms with van der Waals surface area (Å²) in [5.41, 5.74) is 18.5. The zero-order valence-corrected chi connectivity index (χ0v) is 28.7. The van der Waals surface area contributed by atoms with E-state index in [9.17, 15) is 0 Å². The van der Waals surface area contributed by atoms with Crippen LogP contribution in [0.4, 0.5) is 0 Å². The molecule has 7 aromatic carbocycles. The van der Waals surface area contributed by atoms with Gasteiger partial charge in [0.05, 0.1) is 11.0 Å². The fraction of sp³-hybridized carbons (Fsp3) is 0.0800. The van der Waals surface area contributed by atoms with Crippen molar-refractivity contribution in [2.24, 2.45) is 0 Å². The number of hydrogen-bond donors (Lipinski definition) is 0. The first kappa shape index (κ1) is 28.3. The van der Waals surface area contributed by atoms with Gasteiger partial charge in [-0.1, -0.05) is 97.1 Å². The van der Waals surface area contributed by atoms with Crippen LogP contribution in [0, 0.1) is 0 Å². The molecule has 0 spiro atoms. The minimum absolute atomic E-state index is 1.03. The molecule has 2 aromatic heterocycles. The third kappa shape index (κ3) is 3.84. The van der Waals surface area contributed by atoms with E-state index in [4.69, 9.17) is 0 Å². The Balaban J connectivity index is 1.02. The summed E-state index contributed by atoms with van der Waals surface area (Å²) in [5, 5.41) is 8.04. The average Bonchev–Trinajstić information content (AvgIpc) is 3.84. The summed E-state index contributed by atoms with van der Waals surface area (Å²) >= 11 is 0. The Morgan fingerprint density at radius 2 is 1.21 bits per heavy atom. The summed E-state index contributed by atoms with van der Waals surface area (Å²) in [5.74, 6) is 0. The molecule has 0 fully saturated rings. The van der Waals surface area contributed by atoms with Crippen molar-refractivity contribution < 1.29 is 0 Å². The van der Waals surface area contributed by atoms with Gasteiger partial charge in [0, 0.05) is 39.1 Å². The van der Waals surface area contributed by atoms with Crippen molar-refractivity contribution in [2.75, 3.05) is 0 Å². The largest absolute Gasteiger partial charge is 0.313 e. The topological polar surface area (TPSA) is 9.86 Å². The molecule has 0 bridgehead atoms. The number of aryl methyl sites for hydroxylation is 1. The molecule has 3 aliphatic carbocycles. The molecular weight excluding hydrogens is 629 g/mol. The van der Waals surface area contributed by atoms with Gasteiger partial charge >= 0.3 is 0 Å². The van der Waals surface area contributed by atoms with E-state index in [0.29, 0.717) is 0 Å². The lowest BCUT2D eigenvalue weighted by atomic mass is 9.96. The Morgan fingerprint density at radius 3 is 2.12 bits per heavy atom. The first-order chi connectivity index (χ1) is 25.8. The monoisotopic (exact) mass is 662 g/mol. The van der Waals surface area contributed by atoms with Crippen LogP contribution < -0.4 is 0 Å². The molecule has 0 amide bonds. The number of hydrogen-bond acceptors (Lipinski definition) is 0. The first-order valence-electron chi connectivity index (χ1n) is 18.6. The van der Waals surface area contributed by atoms with Crippen molar-refractivity contribution in [3.8, 4) is 44.8 Å². The lowest BCUT2D eigenvalue weighted by Crippen LogP contribution is -2.03. The highest BCUT2D eigenvalue weighted by Gasteiger charge is 2.26. The standard InChI is InChI=1S/C50H34N2/c1-2-12-34(13-3-1)51-46-19-8-6-15-38(46)43-27-31(21-25-48(43)51)32-22-26-49-44(28-32)39-16-7-9-20-47(39)52(49)35-23-24-37-41-18-10-17-40-36-14-5-4-11-33(36)29-45(50(40)41)42(37)30-35/h1-5,7-8,10-14,16-19,21-30H,6,9,15,20H2. The van der Waals surface area contributed by atoms with E-state index in [1.54, 1.807) is 0 Å². The normalized spacial score (nSPS) is 14.1. The molecule has 2 nitrogen and oxygen atoms in total. The van der Waals surface area contributed by atoms with Crippen molar-refractivity contribution >= 4 is 55.5 Å². The summed E-state index contributed by atoms with van der Waals surface area (Å²) in [7, 11) is 0. The molecular formula is C50H34N2. The van der Waals surface area contributed by atoms with Crippen molar-refractivity contribution in [3.63, 3.8) is 0 Å². The summed E-state index contributed by atoms with van der Waals surface area (Å²) in [6.45, 7) is 0. The maximum Gasteiger partial charge on any atom is 0.0538 e. The van der Waals surface area contributed by atoms with Crippen LogP contribution in [0.2, 0.25) is 0 Å². The molecule has 0 atom stereocenters. The number of allylic oxidation sites excluding steroid dienone is 2. The Labute approximate surface area is 302 Å². The van der Waals surface area contributed by atoms with E-state index in [1.807, 2.05) is 0 Å². The fourth-order valence-electron chi connectivity index (χ4n) is 9.70. The molecule has 0 saturated heterocycles. The second kappa shape index (κ2) is 10.6. The van der Waals surface area contributed by atoms with E-state index in [2.05, 4.69) is 167 Å². The van der Waals surface area contributed by atoms with Gasteiger partial charge in [0.25, 0.3) is 0 Å². The van der Waals surface area contributed by atoms with Crippen molar-refractivity contribution in [2.45, 2.75) is 25.7 Å². The van der Waals surface area contributed by atoms with Gasteiger partial charge in [-0.3, -0.25) is 0 Å². The molecule has 0 radical (unpaired) electrons.